The number of benzene rings is 1. The van der Waals surface area contributed by atoms with Gasteiger partial charge in [-0.05, 0) is 42.7 Å². The second-order valence-electron chi connectivity index (χ2n) is 8.58. The van der Waals surface area contributed by atoms with Gasteiger partial charge in [-0.15, -0.1) is 11.3 Å². The molecule has 0 spiro atoms. The summed E-state index contributed by atoms with van der Waals surface area (Å²) in [7, 11) is 1.68. The highest BCUT2D eigenvalue weighted by atomic mass is 32.1. The van der Waals surface area contributed by atoms with E-state index >= 15 is 0 Å². The summed E-state index contributed by atoms with van der Waals surface area (Å²) in [5.74, 6) is -0.646. The molecule has 2 aromatic rings. The van der Waals surface area contributed by atoms with Gasteiger partial charge in [0.2, 0.25) is 0 Å². The maximum Gasteiger partial charge on any atom is 0.256 e. The van der Waals surface area contributed by atoms with Crippen LogP contribution >= 0.6 is 11.3 Å². The van der Waals surface area contributed by atoms with Gasteiger partial charge in [0, 0.05) is 34.1 Å². The maximum absolute atomic E-state index is 14.6. The molecule has 1 aromatic heterocycles. The van der Waals surface area contributed by atoms with Crippen LogP contribution in [0.5, 0.6) is 0 Å². The van der Waals surface area contributed by atoms with Crippen molar-refractivity contribution in [2.45, 2.75) is 47.0 Å². The Kier molecular flexibility index (Phi) is 4.95. The average molecular weight is 376 g/mol. The van der Waals surface area contributed by atoms with Gasteiger partial charge in [0.25, 0.3) is 5.91 Å². The van der Waals surface area contributed by atoms with Crippen molar-refractivity contribution in [1.82, 2.24) is 4.90 Å². The van der Waals surface area contributed by atoms with Crippen molar-refractivity contribution in [3.63, 3.8) is 0 Å². The molecule has 0 bridgehead atoms. The first-order valence-corrected chi connectivity index (χ1v) is 9.94. The third-order valence-corrected chi connectivity index (χ3v) is 6.26. The fraction of sp³-hybridized carbons (Fsp3) is 0.524. The van der Waals surface area contributed by atoms with Gasteiger partial charge in [0.05, 0.1) is 5.56 Å². The minimum atomic E-state index is -0.613. The number of nitrogens with zero attached hydrogens (tertiary/aromatic N) is 1. The molecule has 1 aliphatic carbocycles. The van der Waals surface area contributed by atoms with Crippen molar-refractivity contribution >= 4 is 27.3 Å². The lowest BCUT2D eigenvalue weighted by atomic mass is 9.77. The molecule has 1 heterocycles. The summed E-state index contributed by atoms with van der Waals surface area (Å²) in [6, 6.07) is 2.82. The summed E-state index contributed by atoms with van der Waals surface area (Å²) < 4.78 is 15.3. The minimum Gasteiger partial charge on any atom is -0.341 e. The summed E-state index contributed by atoms with van der Waals surface area (Å²) in [6.45, 7) is 9.00. The van der Waals surface area contributed by atoms with Gasteiger partial charge in [-0.2, -0.15) is 0 Å². The molecule has 0 fully saturated rings. The molecular formula is C21H26FNO2S. The van der Waals surface area contributed by atoms with Crippen LogP contribution in [0.2, 0.25) is 0 Å². The Morgan fingerprint density at radius 3 is 2.69 bits per heavy atom. The number of amides is 1. The number of halogens is 1. The fourth-order valence-electron chi connectivity index (χ4n) is 3.68. The number of rotatable bonds is 3. The monoisotopic (exact) mass is 375 g/mol. The Hall–Kier alpha value is -1.75. The Labute approximate surface area is 157 Å². The summed E-state index contributed by atoms with van der Waals surface area (Å²) in [6.07, 6.45) is 2.56. The van der Waals surface area contributed by atoms with Crippen LogP contribution < -0.4 is 5.43 Å². The number of hydrogen-bond donors (Lipinski definition) is 0. The van der Waals surface area contributed by atoms with Gasteiger partial charge >= 0.3 is 0 Å². The molecule has 0 unspecified atom stereocenters. The van der Waals surface area contributed by atoms with Crippen LogP contribution in [-0.2, 0) is 12.8 Å². The van der Waals surface area contributed by atoms with Crippen molar-refractivity contribution in [2.24, 2.45) is 11.3 Å². The predicted molar refractivity (Wildman–Crippen MR) is 106 cm³/mol. The SMILES string of the molecule is CC(C)CN(C)C(=O)c1cc2sc3c(c(=O)c2cc1F)CCC(C)(C)C3. The summed E-state index contributed by atoms with van der Waals surface area (Å²) in [4.78, 5) is 28.1. The van der Waals surface area contributed by atoms with Crippen molar-refractivity contribution in [3.8, 4) is 0 Å². The molecule has 0 radical (unpaired) electrons. The highest BCUT2D eigenvalue weighted by Gasteiger charge is 2.29. The normalized spacial score (nSPS) is 16.0. The maximum atomic E-state index is 14.6. The molecule has 0 atom stereocenters. The molecule has 1 amide bonds. The Morgan fingerprint density at radius 2 is 2.04 bits per heavy atom. The zero-order valence-corrected chi connectivity index (χ0v) is 16.9. The molecule has 0 saturated heterocycles. The summed E-state index contributed by atoms with van der Waals surface area (Å²) in [5.41, 5.74) is 0.973. The van der Waals surface area contributed by atoms with Gasteiger partial charge in [-0.1, -0.05) is 27.7 Å². The molecule has 1 aromatic carbocycles. The molecule has 0 aliphatic heterocycles. The Balaban J connectivity index is 2.11. The van der Waals surface area contributed by atoms with Crippen LogP contribution in [0, 0.1) is 17.2 Å². The average Bonchev–Trinajstić information content (AvgIpc) is 2.53. The number of carbonyl (C=O) groups is 1. The van der Waals surface area contributed by atoms with Crippen molar-refractivity contribution in [1.29, 1.82) is 0 Å². The zero-order chi connectivity index (χ0) is 19.2. The van der Waals surface area contributed by atoms with E-state index in [1.165, 1.54) is 17.4 Å². The van der Waals surface area contributed by atoms with Gasteiger partial charge in [0.1, 0.15) is 5.82 Å². The van der Waals surface area contributed by atoms with E-state index in [2.05, 4.69) is 13.8 Å². The van der Waals surface area contributed by atoms with Crippen LogP contribution in [-0.4, -0.2) is 24.4 Å². The van der Waals surface area contributed by atoms with E-state index in [4.69, 9.17) is 0 Å². The fourth-order valence-corrected chi connectivity index (χ4v) is 5.17. The van der Waals surface area contributed by atoms with E-state index in [-0.39, 0.29) is 22.3 Å². The first-order chi connectivity index (χ1) is 12.1. The van der Waals surface area contributed by atoms with Gasteiger partial charge in [0.15, 0.2) is 5.43 Å². The van der Waals surface area contributed by atoms with E-state index in [1.54, 1.807) is 18.0 Å². The molecular weight excluding hydrogens is 349 g/mol. The number of fused-ring (bicyclic) bond motifs is 2. The van der Waals surface area contributed by atoms with Gasteiger partial charge < -0.3 is 4.90 Å². The van der Waals surface area contributed by atoms with E-state index in [9.17, 15) is 14.0 Å². The highest BCUT2D eigenvalue weighted by molar-refractivity contribution is 7.18. The third-order valence-electron chi connectivity index (χ3n) is 5.06. The van der Waals surface area contributed by atoms with Gasteiger partial charge in [-0.25, -0.2) is 4.39 Å². The first kappa shape index (κ1) is 19.0. The zero-order valence-electron chi connectivity index (χ0n) is 16.1. The summed E-state index contributed by atoms with van der Waals surface area (Å²) >= 11 is 1.53. The second kappa shape index (κ2) is 6.76. The second-order valence-corrected chi connectivity index (χ2v) is 9.72. The lowest BCUT2D eigenvalue weighted by molar-refractivity contribution is 0.0774. The topological polar surface area (TPSA) is 37.4 Å². The van der Waals surface area contributed by atoms with E-state index < -0.39 is 5.82 Å². The van der Waals surface area contributed by atoms with Crippen molar-refractivity contribution < 1.29 is 9.18 Å². The molecule has 3 rings (SSSR count). The molecule has 140 valence electrons. The van der Waals surface area contributed by atoms with Crippen molar-refractivity contribution in [2.75, 3.05) is 13.6 Å². The smallest absolute Gasteiger partial charge is 0.256 e. The van der Waals surface area contributed by atoms with E-state index in [0.29, 0.717) is 22.5 Å². The third kappa shape index (κ3) is 3.54. The minimum absolute atomic E-state index is 0.0475. The van der Waals surface area contributed by atoms with Crippen LogP contribution in [0.3, 0.4) is 0 Å². The van der Waals surface area contributed by atoms with E-state index in [1.807, 2.05) is 13.8 Å². The molecule has 5 heteroatoms. The summed E-state index contributed by atoms with van der Waals surface area (Å²) in [5, 5.41) is 0.397. The van der Waals surface area contributed by atoms with Crippen LogP contribution in [0.25, 0.3) is 10.1 Å². The lowest BCUT2D eigenvalue weighted by Crippen LogP contribution is -2.31. The van der Waals surface area contributed by atoms with Crippen molar-refractivity contribution in [3.05, 3.63) is 44.2 Å². The Bertz CT molecular complexity index is 930. The molecule has 0 saturated carbocycles. The quantitative estimate of drug-likeness (QED) is 0.783. The largest absolute Gasteiger partial charge is 0.341 e. The molecule has 0 N–H and O–H groups in total. The first-order valence-electron chi connectivity index (χ1n) is 9.12. The molecule has 1 aliphatic rings. The Morgan fingerprint density at radius 1 is 1.35 bits per heavy atom. The highest BCUT2D eigenvalue weighted by Crippen LogP contribution is 2.37. The van der Waals surface area contributed by atoms with E-state index in [0.717, 1.165) is 29.7 Å². The van der Waals surface area contributed by atoms with Crippen LogP contribution in [0.15, 0.2) is 16.9 Å². The van der Waals surface area contributed by atoms with Crippen LogP contribution in [0.1, 0.15) is 54.9 Å². The lowest BCUT2D eigenvalue weighted by Gasteiger charge is -2.30. The van der Waals surface area contributed by atoms with Gasteiger partial charge in [-0.3, -0.25) is 9.59 Å². The number of hydrogen-bond acceptors (Lipinski definition) is 3. The van der Waals surface area contributed by atoms with Crippen LogP contribution in [0.4, 0.5) is 4.39 Å². The molecule has 26 heavy (non-hydrogen) atoms. The standard InChI is InChI=1S/C21H26FNO2S/c1-12(2)11-23(5)20(25)14-9-17-15(8-16(14)22)19(24)13-6-7-21(3,4)10-18(13)26-17/h8-9,12H,6-7,10-11H2,1-5H3. The predicted octanol–water partition coefficient (Wildman–Crippen LogP) is 4.64. The number of carbonyl (C=O) groups excluding carboxylic acids is 1. The molecule has 3 nitrogen and oxygen atoms in total.